The van der Waals surface area contributed by atoms with Crippen LogP contribution in [-0.4, -0.2) is 52.6 Å². The Morgan fingerprint density at radius 3 is 2.44 bits per heavy atom. The molecule has 1 rings (SSSR count). The molecule has 156 valence electrons. The summed E-state index contributed by atoms with van der Waals surface area (Å²) in [7, 11) is -1.26. The minimum absolute atomic E-state index is 0. The lowest BCUT2D eigenvalue weighted by molar-refractivity contribution is 0.312. The van der Waals surface area contributed by atoms with E-state index in [1.54, 1.807) is 7.05 Å². The van der Waals surface area contributed by atoms with E-state index in [0.29, 0.717) is 25.5 Å². The maximum atomic E-state index is 11.2. The van der Waals surface area contributed by atoms with Crippen molar-refractivity contribution in [2.24, 2.45) is 4.99 Å². The van der Waals surface area contributed by atoms with Crippen LogP contribution >= 0.6 is 24.0 Å². The number of ether oxygens (including phenoxy) is 1. The van der Waals surface area contributed by atoms with Crippen LogP contribution in [0.3, 0.4) is 0 Å². The Morgan fingerprint density at radius 2 is 1.89 bits per heavy atom. The zero-order valence-corrected chi connectivity index (χ0v) is 20.4. The van der Waals surface area contributed by atoms with Crippen LogP contribution in [0.1, 0.15) is 39.7 Å². The zero-order chi connectivity index (χ0) is 19.8. The molecule has 0 heterocycles. The molecule has 0 amide bonds. The SMILES string of the molecule is CN=C(NCCOc1ccccc1C(C)(C)C)NC(C)CCS(C)(=O)=O.I. The average molecular weight is 511 g/mol. The van der Waals surface area contributed by atoms with Crippen LogP contribution < -0.4 is 15.4 Å². The first-order valence-corrected chi connectivity index (χ1v) is 11.0. The van der Waals surface area contributed by atoms with Crippen LogP contribution in [0.25, 0.3) is 0 Å². The zero-order valence-electron chi connectivity index (χ0n) is 17.2. The summed E-state index contributed by atoms with van der Waals surface area (Å²) < 4.78 is 28.4. The summed E-state index contributed by atoms with van der Waals surface area (Å²) in [4.78, 5) is 4.16. The van der Waals surface area contributed by atoms with Crippen molar-refractivity contribution in [1.29, 1.82) is 0 Å². The van der Waals surface area contributed by atoms with Gasteiger partial charge in [0, 0.05) is 19.3 Å². The highest BCUT2D eigenvalue weighted by molar-refractivity contribution is 14.0. The third-order valence-electron chi connectivity index (χ3n) is 3.88. The lowest BCUT2D eigenvalue weighted by Crippen LogP contribution is -2.44. The summed E-state index contributed by atoms with van der Waals surface area (Å²) in [5.74, 6) is 1.69. The fraction of sp³-hybridized carbons (Fsp3) is 0.632. The molecule has 0 aromatic heterocycles. The number of sulfone groups is 1. The number of rotatable bonds is 8. The maximum Gasteiger partial charge on any atom is 0.191 e. The standard InChI is InChI=1S/C19H33N3O3S.HI/c1-15(11-14-26(6,23)24)22-18(20-5)21-12-13-25-17-10-8-7-9-16(17)19(2,3)4;/h7-10,15H,11-14H2,1-6H3,(H2,20,21,22);1H. The molecule has 1 aromatic carbocycles. The normalized spacial score (nSPS) is 13.5. The van der Waals surface area contributed by atoms with Gasteiger partial charge in [0.15, 0.2) is 5.96 Å². The number of para-hydroxylation sites is 1. The fourth-order valence-corrected chi connectivity index (χ4v) is 3.22. The predicted molar refractivity (Wildman–Crippen MR) is 124 cm³/mol. The Kier molecular flexibility index (Phi) is 11.3. The van der Waals surface area contributed by atoms with Gasteiger partial charge in [-0.1, -0.05) is 39.0 Å². The van der Waals surface area contributed by atoms with Gasteiger partial charge < -0.3 is 15.4 Å². The van der Waals surface area contributed by atoms with E-state index >= 15 is 0 Å². The van der Waals surface area contributed by atoms with Crippen molar-refractivity contribution in [3.63, 3.8) is 0 Å². The molecule has 0 radical (unpaired) electrons. The molecule has 2 N–H and O–H groups in total. The third kappa shape index (κ3) is 10.8. The topological polar surface area (TPSA) is 79.8 Å². The van der Waals surface area contributed by atoms with Crippen LogP contribution in [0.2, 0.25) is 0 Å². The fourth-order valence-electron chi connectivity index (χ4n) is 2.43. The van der Waals surface area contributed by atoms with Gasteiger partial charge in [0.25, 0.3) is 0 Å². The van der Waals surface area contributed by atoms with Gasteiger partial charge in [-0.2, -0.15) is 0 Å². The first kappa shape index (κ1) is 26.0. The number of hydrogen-bond acceptors (Lipinski definition) is 4. The van der Waals surface area contributed by atoms with Crippen molar-refractivity contribution in [3.8, 4) is 5.75 Å². The van der Waals surface area contributed by atoms with Crippen molar-refractivity contribution < 1.29 is 13.2 Å². The van der Waals surface area contributed by atoms with Gasteiger partial charge in [-0.05, 0) is 30.4 Å². The highest BCUT2D eigenvalue weighted by Crippen LogP contribution is 2.30. The summed E-state index contributed by atoms with van der Waals surface area (Å²) in [6, 6.07) is 8.09. The van der Waals surface area contributed by atoms with Crippen molar-refractivity contribution in [2.45, 2.75) is 45.6 Å². The number of nitrogens with one attached hydrogen (secondary N) is 2. The Balaban J connectivity index is 0.00000676. The monoisotopic (exact) mass is 511 g/mol. The highest BCUT2D eigenvalue weighted by atomic mass is 127. The quantitative estimate of drug-likeness (QED) is 0.243. The molecule has 8 heteroatoms. The van der Waals surface area contributed by atoms with Crippen LogP contribution in [0.5, 0.6) is 5.75 Å². The number of halogens is 1. The number of hydrogen-bond donors (Lipinski definition) is 2. The average Bonchev–Trinajstić information content (AvgIpc) is 2.54. The van der Waals surface area contributed by atoms with Gasteiger partial charge in [0.2, 0.25) is 0 Å². The lowest BCUT2D eigenvalue weighted by atomic mass is 9.86. The van der Waals surface area contributed by atoms with Gasteiger partial charge in [0.1, 0.15) is 22.2 Å². The van der Waals surface area contributed by atoms with Gasteiger partial charge in [-0.3, -0.25) is 4.99 Å². The van der Waals surface area contributed by atoms with E-state index in [9.17, 15) is 8.42 Å². The molecule has 0 aliphatic heterocycles. The maximum absolute atomic E-state index is 11.2. The molecule has 1 unspecified atom stereocenters. The Bertz CT molecular complexity index is 700. The number of aliphatic imine (C=N–C) groups is 1. The van der Waals surface area contributed by atoms with Crippen molar-refractivity contribution in [2.75, 3.05) is 32.2 Å². The molecule has 0 fully saturated rings. The van der Waals surface area contributed by atoms with E-state index in [4.69, 9.17) is 4.74 Å². The van der Waals surface area contributed by atoms with Crippen LogP contribution in [-0.2, 0) is 15.3 Å². The van der Waals surface area contributed by atoms with E-state index in [1.807, 2.05) is 25.1 Å². The van der Waals surface area contributed by atoms with E-state index in [0.717, 1.165) is 5.75 Å². The second-order valence-electron chi connectivity index (χ2n) is 7.56. The molecule has 0 bridgehead atoms. The summed E-state index contributed by atoms with van der Waals surface area (Å²) in [6.45, 7) is 9.53. The van der Waals surface area contributed by atoms with Crippen molar-refractivity contribution in [3.05, 3.63) is 29.8 Å². The second-order valence-corrected chi connectivity index (χ2v) is 9.82. The number of guanidine groups is 1. The highest BCUT2D eigenvalue weighted by Gasteiger charge is 2.18. The van der Waals surface area contributed by atoms with Gasteiger partial charge >= 0.3 is 0 Å². The molecular weight excluding hydrogens is 477 g/mol. The molecule has 0 saturated carbocycles. The number of nitrogens with zero attached hydrogens (tertiary/aromatic N) is 1. The molecule has 1 aromatic rings. The minimum atomic E-state index is -2.95. The first-order valence-electron chi connectivity index (χ1n) is 8.90. The third-order valence-corrected chi connectivity index (χ3v) is 4.85. The molecule has 0 aliphatic carbocycles. The van der Waals surface area contributed by atoms with E-state index < -0.39 is 9.84 Å². The first-order chi connectivity index (χ1) is 12.0. The Labute approximate surface area is 181 Å². The summed E-state index contributed by atoms with van der Waals surface area (Å²) in [6.07, 6.45) is 1.79. The van der Waals surface area contributed by atoms with E-state index in [-0.39, 0.29) is 41.2 Å². The Morgan fingerprint density at radius 1 is 1.26 bits per heavy atom. The smallest absolute Gasteiger partial charge is 0.191 e. The van der Waals surface area contributed by atoms with E-state index in [2.05, 4.69) is 42.5 Å². The molecule has 1 atom stereocenters. The van der Waals surface area contributed by atoms with E-state index in [1.165, 1.54) is 11.8 Å². The molecule has 27 heavy (non-hydrogen) atoms. The van der Waals surface area contributed by atoms with Crippen LogP contribution in [0.15, 0.2) is 29.3 Å². The lowest BCUT2D eigenvalue weighted by Gasteiger charge is -2.23. The van der Waals surface area contributed by atoms with Crippen LogP contribution in [0.4, 0.5) is 0 Å². The predicted octanol–water partition coefficient (Wildman–Crippen LogP) is 2.97. The molecule has 0 aliphatic rings. The summed E-state index contributed by atoms with van der Waals surface area (Å²) >= 11 is 0. The van der Waals surface area contributed by atoms with Crippen molar-refractivity contribution >= 4 is 39.8 Å². The molecule has 0 saturated heterocycles. The minimum Gasteiger partial charge on any atom is -0.491 e. The van der Waals surface area contributed by atoms with Crippen LogP contribution in [0, 0.1) is 0 Å². The van der Waals surface area contributed by atoms with Crippen molar-refractivity contribution in [1.82, 2.24) is 10.6 Å². The van der Waals surface area contributed by atoms with Gasteiger partial charge in [-0.25, -0.2) is 8.42 Å². The molecular formula is C19H34IN3O3S. The Hall–Kier alpha value is -1.03. The number of benzene rings is 1. The summed E-state index contributed by atoms with van der Waals surface area (Å²) in [5, 5.41) is 6.38. The summed E-state index contributed by atoms with van der Waals surface area (Å²) in [5.41, 5.74) is 1.20. The van der Waals surface area contributed by atoms with Gasteiger partial charge in [0.05, 0.1) is 12.3 Å². The largest absolute Gasteiger partial charge is 0.491 e. The molecule has 6 nitrogen and oxygen atoms in total. The second kappa shape index (κ2) is 11.7. The molecule has 0 spiro atoms. The van der Waals surface area contributed by atoms with Gasteiger partial charge in [-0.15, -0.1) is 24.0 Å².